The summed E-state index contributed by atoms with van der Waals surface area (Å²) >= 11 is 0. The third-order valence-corrected chi connectivity index (χ3v) is 4.56. The maximum atomic E-state index is 11.2. The number of benzene rings is 3. The van der Waals surface area contributed by atoms with Crippen molar-refractivity contribution >= 4 is 38.5 Å². The van der Waals surface area contributed by atoms with Crippen LogP contribution in [-0.4, -0.2) is 35.1 Å². The Morgan fingerprint density at radius 3 is 2.04 bits per heavy atom. The third kappa shape index (κ3) is 4.82. The fourth-order valence-corrected chi connectivity index (χ4v) is 3.15. The molecule has 0 bridgehead atoms. The summed E-state index contributed by atoms with van der Waals surface area (Å²) in [6.45, 7) is 0. The van der Waals surface area contributed by atoms with E-state index >= 15 is 0 Å². The van der Waals surface area contributed by atoms with Gasteiger partial charge in [-0.25, -0.2) is 9.59 Å². The molecule has 0 aliphatic carbocycles. The molecule has 0 unspecified atom stereocenters. The normalized spacial score (nSPS) is 10.6. The summed E-state index contributed by atoms with van der Waals surface area (Å²) in [5.74, 6) is 2.84. The first kappa shape index (κ1) is 20.8. The Labute approximate surface area is 159 Å². The van der Waals surface area contributed by atoms with Crippen LogP contribution in [0.25, 0.3) is 10.8 Å². The average molecular weight is 404 g/mol. The SMILES string of the molecule is NNc1ccccc1C(=O)O.O=C(O)c1cc(S(=O)(=O)O)c2ccccc2c1. The number of nitrogens with two attached hydrogens (primary N) is 1. The Hall–Kier alpha value is -3.47. The molecule has 0 fully saturated rings. The zero-order valence-corrected chi connectivity index (χ0v) is 15.1. The van der Waals surface area contributed by atoms with Gasteiger partial charge in [-0.05, 0) is 29.7 Å². The molecule has 0 saturated heterocycles. The fraction of sp³-hybridized carbons (Fsp3) is 0. The monoisotopic (exact) mass is 404 g/mol. The molecule has 10 heteroatoms. The molecule has 9 nitrogen and oxygen atoms in total. The number of nitrogen functional groups attached to an aromatic ring is 1. The number of carbonyl (C=O) groups is 2. The lowest BCUT2D eigenvalue weighted by Gasteiger charge is -2.05. The number of fused-ring (bicyclic) bond motifs is 1. The van der Waals surface area contributed by atoms with Gasteiger partial charge in [-0.3, -0.25) is 10.4 Å². The molecule has 0 aliphatic rings. The number of anilines is 1. The molecule has 0 atom stereocenters. The standard InChI is InChI=1S/C11H8O5S.C7H8N2O2/c12-11(13)8-5-7-3-1-2-4-9(7)10(6-8)17(14,15)16;8-9-6-4-2-1-3-5(6)7(10)11/h1-6H,(H,12,13)(H,14,15,16);1-4,9H,8H2,(H,10,11). The van der Waals surface area contributed by atoms with Gasteiger partial charge in [0.2, 0.25) is 0 Å². The van der Waals surface area contributed by atoms with E-state index in [1.165, 1.54) is 18.2 Å². The van der Waals surface area contributed by atoms with Gasteiger partial charge >= 0.3 is 11.9 Å². The van der Waals surface area contributed by atoms with Crippen LogP contribution in [0.2, 0.25) is 0 Å². The second kappa shape index (κ2) is 8.48. The van der Waals surface area contributed by atoms with Gasteiger partial charge in [0.1, 0.15) is 4.90 Å². The summed E-state index contributed by atoms with van der Waals surface area (Å²) in [6, 6.07) is 15.1. The van der Waals surface area contributed by atoms with E-state index in [2.05, 4.69) is 5.43 Å². The van der Waals surface area contributed by atoms with E-state index in [1.807, 2.05) is 0 Å². The molecule has 3 aromatic carbocycles. The first-order chi connectivity index (χ1) is 13.1. The first-order valence-corrected chi connectivity index (χ1v) is 9.11. The Bertz CT molecular complexity index is 1140. The minimum atomic E-state index is -4.45. The van der Waals surface area contributed by atoms with Crippen molar-refractivity contribution in [3.05, 3.63) is 71.8 Å². The van der Waals surface area contributed by atoms with Gasteiger partial charge in [-0.15, -0.1) is 0 Å². The topological polar surface area (TPSA) is 167 Å². The van der Waals surface area contributed by atoms with Crippen molar-refractivity contribution in [1.82, 2.24) is 0 Å². The minimum absolute atomic E-state index is 0.176. The molecule has 0 spiro atoms. The van der Waals surface area contributed by atoms with Crippen LogP contribution in [0.1, 0.15) is 20.7 Å². The van der Waals surface area contributed by atoms with Gasteiger partial charge in [0.05, 0.1) is 16.8 Å². The smallest absolute Gasteiger partial charge is 0.337 e. The Balaban J connectivity index is 0.000000221. The zero-order chi connectivity index (χ0) is 20.9. The number of para-hydroxylation sites is 1. The lowest BCUT2D eigenvalue weighted by Crippen LogP contribution is -2.11. The molecule has 0 radical (unpaired) electrons. The lowest BCUT2D eigenvalue weighted by molar-refractivity contribution is 0.0686. The van der Waals surface area contributed by atoms with E-state index in [9.17, 15) is 18.0 Å². The molecule has 0 heterocycles. The molecule has 0 aliphatic heterocycles. The van der Waals surface area contributed by atoms with Gasteiger partial charge in [0.15, 0.2) is 0 Å². The molecule has 146 valence electrons. The predicted octanol–water partition coefficient (Wildman–Crippen LogP) is 2.46. The van der Waals surface area contributed by atoms with Gasteiger partial charge in [-0.1, -0.05) is 36.4 Å². The number of hydrazine groups is 1. The minimum Gasteiger partial charge on any atom is -0.478 e. The van der Waals surface area contributed by atoms with Crippen molar-refractivity contribution in [2.24, 2.45) is 5.84 Å². The Morgan fingerprint density at radius 1 is 0.893 bits per heavy atom. The zero-order valence-electron chi connectivity index (χ0n) is 14.2. The number of carboxylic acids is 2. The predicted molar refractivity (Wildman–Crippen MR) is 102 cm³/mol. The molecule has 28 heavy (non-hydrogen) atoms. The van der Waals surface area contributed by atoms with Crippen molar-refractivity contribution in [1.29, 1.82) is 0 Å². The number of carboxylic acid groups (broad SMARTS) is 2. The highest BCUT2D eigenvalue weighted by molar-refractivity contribution is 7.86. The number of hydrogen-bond acceptors (Lipinski definition) is 6. The quantitative estimate of drug-likeness (QED) is 0.249. The summed E-state index contributed by atoms with van der Waals surface area (Å²) < 4.78 is 31.4. The molecule has 0 saturated carbocycles. The van der Waals surface area contributed by atoms with Crippen LogP contribution in [0, 0.1) is 0 Å². The Morgan fingerprint density at radius 2 is 1.50 bits per heavy atom. The van der Waals surface area contributed by atoms with Crippen molar-refractivity contribution in [3.8, 4) is 0 Å². The van der Waals surface area contributed by atoms with Crippen molar-refractivity contribution < 1.29 is 32.8 Å². The average Bonchev–Trinajstić information content (AvgIpc) is 2.66. The highest BCUT2D eigenvalue weighted by Crippen LogP contribution is 2.25. The van der Waals surface area contributed by atoms with E-state index in [0.29, 0.717) is 16.5 Å². The molecule has 3 rings (SSSR count). The molecule has 3 aromatic rings. The van der Waals surface area contributed by atoms with E-state index in [-0.39, 0.29) is 11.1 Å². The van der Waals surface area contributed by atoms with Gasteiger partial charge in [0.25, 0.3) is 10.1 Å². The van der Waals surface area contributed by atoms with Crippen LogP contribution < -0.4 is 11.3 Å². The Kier molecular flexibility index (Phi) is 6.31. The van der Waals surface area contributed by atoms with Crippen LogP contribution in [0.15, 0.2) is 65.6 Å². The maximum absolute atomic E-state index is 11.2. The van der Waals surface area contributed by atoms with Gasteiger partial charge < -0.3 is 15.6 Å². The molecular weight excluding hydrogens is 388 g/mol. The second-order valence-corrected chi connectivity index (χ2v) is 6.86. The van der Waals surface area contributed by atoms with E-state index < -0.39 is 27.0 Å². The fourth-order valence-electron chi connectivity index (χ4n) is 2.41. The summed E-state index contributed by atoms with van der Waals surface area (Å²) in [7, 11) is -4.45. The highest BCUT2D eigenvalue weighted by Gasteiger charge is 2.17. The largest absolute Gasteiger partial charge is 0.478 e. The summed E-state index contributed by atoms with van der Waals surface area (Å²) in [5, 5.41) is 18.2. The number of nitrogens with one attached hydrogen (secondary N) is 1. The molecular formula is C18H16N2O7S. The van der Waals surface area contributed by atoms with Crippen LogP contribution in [-0.2, 0) is 10.1 Å². The van der Waals surface area contributed by atoms with Crippen LogP contribution in [0.3, 0.4) is 0 Å². The summed E-state index contributed by atoms with van der Waals surface area (Å²) in [4.78, 5) is 20.9. The lowest BCUT2D eigenvalue weighted by atomic mass is 10.1. The number of rotatable bonds is 4. The van der Waals surface area contributed by atoms with Crippen molar-refractivity contribution in [2.45, 2.75) is 4.90 Å². The highest BCUT2D eigenvalue weighted by atomic mass is 32.2. The van der Waals surface area contributed by atoms with Crippen molar-refractivity contribution in [3.63, 3.8) is 0 Å². The third-order valence-electron chi connectivity index (χ3n) is 3.66. The molecule has 0 amide bonds. The first-order valence-electron chi connectivity index (χ1n) is 7.67. The number of aromatic carboxylic acids is 2. The van der Waals surface area contributed by atoms with Crippen LogP contribution in [0.5, 0.6) is 0 Å². The van der Waals surface area contributed by atoms with Crippen LogP contribution in [0.4, 0.5) is 5.69 Å². The molecule has 0 aromatic heterocycles. The summed E-state index contributed by atoms with van der Waals surface area (Å²) in [5.41, 5.74) is 2.70. The van der Waals surface area contributed by atoms with Gasteiger partial charge in [-0.2, -0.15) is 8.42 Å². The van der Waals surface area contributed by atoms with E-state index in [0.717, 1.165) is 6.07 Å². The number of hydrogen-bond donors (Lipinski definition) is 5. The second-order valence-electron chi connectivity index (χ2n) is 5.47. The van der Waals surface area contributed by atoms with Crippen molar-refractivity contribution in [2.75, 3.05) is 5.43 Å². The van der Waals surface area contributed by atoms with E-state index in [1.54, 1.807) is 36.4 Å². The molecule has 6 N–H and O–H groups in total. The summed E-state index contributed by atoms with van der Waals surface area (Å²) in [6.07, 6.45) is 0. The van der Waals surface area contributed by atoms with Crippen LogP contribution >= 0.6 is 0 Å². The van der Waals surface area contributed by atoms with E-state index in [4.69, 9.17) is 20.6 Å². The van der Waals surface area contributed by atoms with Gasteiger partial charge in [0, 0.05) is 5.39 Å². The maximum Gasteiger partial charge on any atom is 0.337 e.